The first kappa shape index (κ1) is 14.5. The van der Waals surface area contributed by atoms with Crippen LogP contribution in [0.4, 0.5) is 5.69 Å². The second-order valence-corrected chi connectivity index (χ2v) is 4.14. The van der Waals surface area contributed by atoms with Crippen LogP contribution in [0.25, 0.3) is 0 Å². The smallest absolute Gasteiger partial charge is 0.731 e. The Kier molecular flexibility index (Phi) is 5.76. The quantitative estimate of drug-likeness (QED) is 0.543. The second-order valence-electron chi connectivity index (χ2n) is 2.18. The summed E-state index contributed by atoms with van der Waals surface area (Å²) in [4.78, 5) is 0. The van der Waals surface area contributed by atoms with Gasteiger partial charge in [0.25, 0.3) is 0 Å². The van der Waals surface area contributed by atoms with Crippen LogP contribution in [-0.4, -0.2) is 13.0 Å². The summed E-state index contributed by atoms with van der Waals surface area (Å²) in [7, 11) is -4.54. The fraction of sp³-hybridized carbons (Fsp3) is 0. The summed E-state index contributed by atoms with van der Waals surface area (Å²) >= 11 is 11.1. The summed E-state index contributed by atoms with van der Waals surface area (Å²) in [6, 6.07) is 4.05. The van der Waals surface area contributed by atoms with E-state index in [1.807, 2.05) is 0 Å². The number of benzene rings is 1. The van der Waals surface area contributed by atoms with Gasteiger partial charge in [0.05, 0.1) is 10.7 Å². The number of rotatable bonds is 2. The normalized spacial score (nSPS) is 10.5. The van der Waals surface area contributed by atoms with E-state index in [0.29, 0.717) is 5.02 Å². The zero-order valence-corrected chi connectivity index (χ0v) is 11.4. The molecule has 0 aromatic heterocycles. The molecular weight excluding hydrogens is 260 g/mol. The van der Waals surface area contributed by atoms with Gasteiger partial charge in [0.2, 0.25) is 0 Å². The van der Waals surface area contributed by atoms with E-state index in [9.17, 15) is 13.0 Å². The molecular formula is C6H4Cl2NNaO3S. The average molecular weight is 264 g/mol. The molecule has 0 bridgehead atoms. The van der Waals surface area contributed by atoms with Crippen molar-refractivity contribution in [2.24, 2.45) is 0 Å². The van der Waals surface area contributed by atoms with Crippen LogP contribution >= 0.6 is 23.2 Å². The van der Waals surface area contributed by atoms with E-state index in [2.05, 4.69) is 0 Å². The second kappa shape index (κ2) is 5.55. The van der Waals surface area contributed by atoms with E-state index in [0.717, 1.165) is 0 Å². The minimum Gasteiger partial charge on any atom is -0.731 e. The van der Waals surface area contributed by atoms with Crippen LogP contribution in [0.2, 0.25) is 10.0 Å². The Labute approximate surface area is 114 Å². The summed E-state index contributed by atoms with van der Waals surface area (Å²) in [5.74, 6) is 0. The van der Waals surface area contributed by atoms with Crippen LogP contribution in [0.3, 0.4) is 0 Å². The molecule has 14 heavy (non-hydrogen) atoms. The standard InChI is InChI=1S/C6H5Cl2NO3S.Na/c7-4-1-2-6(5(8)3-4)9-13(10,11)12;/h1-3,9H,(H,10,11,12);/q;+1/p-1. The maximum Gasteiger partial charge on any atom is 1.00 e. The molecule has 0 radical (unpaired) electrons. The van der Waals surface area contributed by atoms with E-state index in [4.69, 9.17) is 23.2 Å². The summed E-state index contributed by atoms with van der Waals surface area (Å²) in [6.07, 6.45) is 0. The Morgan fingerprint density at radius 3 is 2.29 bits per heavy atom. The summed E-state index contributed by atoms with van der Waals surface area (Å²) in [6.45, 7) is 0. The van der Waals surface area contributed by atoms with Crippen LogP contribution in [0.5, 0.6) is 0 Å². The van der Waals surface area contributed by atoms with Crippen molar-refractivity contribution < 1.29 is 42.5 Å². The predicted octanol–water partition coefficient (Wildman–Crippen LogP) is -1.13. The van der Waals surface area contributed by atoms with Crippen LogP contribution in [0.15, 0.2) is 18.2 Å². The molecule has 0 atom stereocenters. The van der Waals surface area contributed by atoms with Crippen molar-refractivity contribution in [1.29, 1.82) is 0 Å². The van der Waals surface area contributed by atoms with Gasteiger partial charge >= 0.3 is 29.6 Å². The fourth-order valence-corrected chi connectivity index (χ4v) is 1.67. The van der Waals surface area contributed by atoms with Crippen molar-refractivity contribution >= 4 is 39.2 Å². The number of hydrogen-bond acceptors (Lipinski definition) is 3. The topological polar surface area (TPSA) is 69.2 Å². The Balaban J connectivity index is 0.00000169. The van der Waals surface area contributed by atoms with Crippen molar-refractivity contribution in [3.8, 4) is 0 Å². The molecule has 0 heterocycles. The SMILES string of the molecule is O=S(=O)([O-])Nc1ccc(Cl)cc1Cl.[Na+]. The van der Waals surface area contributed by atoms with Crippen LogP contribution in [0.1, 0.15) is 0 Å². The van der Waals surface area contributed by atoms with Crippen LogP contribution < -0.4 is 34.3 Å². The van der Waals surface area contributed by atoms with Gasteiger partial charge in [-0.3, -0.25) is 4.72 Å². The Morgan fingerprint density at radius 2 is 1.86 bits per heavy atom. The van der Waals surface area contributed by atoms with Crippen molar-refractivity contribution in [1.82, 2.24) is 0 Å². The molecule has 1 aromatic rings. The molecule has 0 saturated heterocycles. The van der Waals surface area contributed by atoms with Gasteiger partial charge in [0.15, 0.2) is 10.3 Å². The van der Waals surface area contributed by atoms with Gasteiger partial charge in [-0.15, -0.1) is 0 Å². The van der Waals surface area contributed by atoms with Gasteiger partial charge in [-0.25, -0.2) is 8.42 Å². The zero-order valence-electron chi connectivity index (χ0n) is 7.12. The minimum atomic E-state index is -4.54. The number of anilines is 1. The van der Waals surface area contributed by atoms with Gasteiger partial charge in [0, 0.05) is 5.02 Å². The van der Waals surface area contributed by atoms with Gasteiger partial charge in [0.1, 0.15) is 0 Å². The first-order valence-corrected chi connectivity index (χ1v) is 5.23. The third-order valence-electron chi connectivity index (χ3n) is 1.17. The number of nitrogens with one attached hydrogen (secondary N) is 1. The fourth-order valence-electron chi connectivity index (χ4n) is 0.707. The Hall–Kier alpha value is 0.510. The summed E-state index contributed by atoms with van der Waals surface area (Å²) < 4.78 is 32.5. The first-order chi connectivity index (χ1) is 5.88. The third-order valence-corrected chi connectivity index (χ3v) is 2.18. The largest absolute Gasteiger partial charge is 1.00 e. The zero-order chi connectivity index (χ0) is 10.1. The van der Waals surface area contributed by atoms with Crippen molar-refractivity contribution in [3.05, 3.63) is 28.2 Å². The van der Waals surface area contributed by atoms with Gasteiger partial charge in [-0.05, 0) is 18.2 Å². The van der Waals surface area contributed by atoms with Gasteiger partial charge < -0.3 is 4.55 Å². The van der Waals surface area contributed by atoms with E-state index in [1.165, 1.54) is 18.2 Å². The Morgan fingerprint density at radius 1 is 1.29 bits per heavy atom. The Bertz CT molecular complexity index is 423. The molecule has 0 saturated carbocycles. The molecule has 8 heteroatoms. The molecule has 0 spiro atoms. The minimum absolute atomic E-state index is 0. The maximum absolute atomic E-state index is 10.3. The molecule has 1 aromatic carbocycles. The van der Waals surface area contributed by atoms with Crippen LogP contribution in [0, 0.1) is 0 Å². The van der Waals surface area contributed by atoms with E-state index < -0.39 is 10.3 Å². The van der Waals surface area contributed by atoms with Crippen molar-refractivity contribution in [3.63, 3.8) is 0 Å². The third kappa shape index (κ3) is 4.84. The maximum atomic E-state index is 10.3. The van der Waals surface area contributed by atoms with E-state index >= 15 is 0 Å². The van der Waals surface area contributed by atoms with Gasteiger partial charge in [-0.1, -0.05) is 23.2 Å². The van der Waals surface area contributed by atoms with E-state index in [1.54, 1.807) is 4.72 Å². The molecule has 0 aliphatic carbocycles. The summed E-state index contributed by atoms with van der Waals surface area (Å²) in [5, 5.41) is 0.436. The molecule has 1 rings (SSSR count). The molecule has 0 fully saturated rings. The van der Waals surface area contributed by atoms with Crippen molar-refractivity contribution in [2.75, 3.05) is 4.72 Å². The molecule has 0 aliphatic heterocycles. The van der Waals surface area contributed by atoms with E-state index in [-0.39, 0.29) is 40.3 Å². The summed E-state index contributed by atoms with van der Waals surface area (Å²) in [5.41, 5.74) is 0.0149. The molecule has 0 unspecified atom stereocenters. The number of hydrogen-bond donors (Lipinski definition) is 1. The molecule has 0 aliphatic rings. The monoisotopic (exact) mass is 263 g/mol. The molecule has 4 nitrogen and oxygen atoms in total. The first-order valence-electron chi connectivity index (χ1n) is 3.07. The molecule has 0 amide bonds. The molecule has 1 N–H and O–H groups in total. The average Bonchev–Trinajstić information content (AvgIpc) is 1.93. The van der Waals surface area contributed by atoms with Crippen molar-refractivity contribution in [2.45, 2.75) is 0 Å². The van der Waals surface area contributed by atoms with Crippen LogP contribution in [-0.2, 0) is 10.3 Å². The molecule has 72 valence electrons. The van der Waals surface area contributed by atoms with Gasteiger partial charge in [-0.2, -0.15) is 0 Å². The predicted molar refractivity (Wildman–Crippen MR) is 49.8 cm³/mol. The number of halogens is 2.